The molecule has 0 fully saturated rings. The molecule has 1 aliphatic heterocycles. The van der Waals surface area contributed by atoms with Gasteiger partial charge in [-0.05, 0) is 124 Å². The van der Waals surface area contributed by atoms with Gasteiger partial charge in [-0.15, -0.1) is 35.7 Å². The third-order valence-electron chi connectivity index (χ3n) is 13.8. The molecule has 7 heteroatoms. The van der Waals surface area contributed by atoms with Crippen molar-refractivity contribution < 1.29 is 38.1 Å². The molecule has 7 aromatic carbocycles. The molecule has 0 saturated carbocycles. The third kappa shape index (κ3) is 7.97. The first kappa shape index (κ1) is 37.4. The first-order valence-corrected chi connectivity index (χ1v) is 23.9. The van der Waals surface area contributed by atoms with E-state index in [4.69, 9.17) is 22.1 Å². The number of rotatable bonds is 5. The summed E-state index contributed by atoms with van der Waals surface area (Å²) in [6.45, 7) is 3.93. The van der Waals surface area contributed by atoms with Crippen molar-refractivity contribution in [3.63, 3.8) is 0 Å². The molecule has 5 heterocycles. The summed E-state index contributed by atoms with van der Waals surface area (Å²) in [5.41, 5.74) is 3.18. The molecule has 6 nitrogen and oxygen atoms in total. The zero-order valence-corrected chi connectivity index (χ0v) is 43.0. The molecule has 72 heavy (non-hydrogen) atoms. The van der Waals surface area contributed by atoms with Crippen LogP contribution in [-0.4, -0.2) is 19.1 Å². The van der Waals surface area contributed by atoms with Gasteiger partial charge in [0.15, 0.2) is 0 Å². The van der Waals surface area contributed by atoms with E-state index < -0.39 is 31.4 Å². The summed E-state index contributed by atoms with van der Waals surface area (Å²) in [6, 6.07) is 56.5. The Morgan fingerprint density at radius 3 is 1.86 bits per heavy atom. The molecule has 12 rings (SSSR count). The number of aromatic nitrogens is 4. The number of nitrogens with zero attached hydrogens (tertiary/aromatic N) is 5. The summed E-state index contributed by atoms with van der Waals surface area (Å²) in [4.78, 5) is 11.4. The van der Waals surface area contributed by atoms with E-state index in [-0.39, 0.29) is 32.0 Å². The fraction of sp³-hybridized carbons (Fsp3) is 0.185. The summed E-state index contributed by atoms with van der Waals surface area (Å²) in [5, 5.41) is 7.54. The predicted octanol–water partition coefficient (Wildman–Crippen LogP) is 17.2. The Morgan fingerprint density at radius 1 is 0.542 bits per heavy atom. The van der Waals surface area contributed by atoms with Gasteiger partial charge in [-0.25, -0.2) is 4.98 Å². The van der Waals surface area contributed by atoms with Crippen molar-refractivity contribution in [1.82, 2.24) is 19.1 Å². The second kappa shape index (κ2) is 17.4. The molecule has 1 aliphatic rings. The Morgan fingerprint density at radius 2 is 1.17 bits per heavy atom. The number of para-hydroxylation sites is 2. The summed E-state index contributed by atoms with van der Waals surface area (Å²) >= 11 is 0. The van der Waals surface area contributed by atoms with Gasteiger partial charge in [-0.2, -0.15) is 12.1 Å². The number of benzene rings is 7. The SMILES string of the molecule is [2H]C([2H])([2H])C(c1cc(-c2cccc3c4ccccc4c4ccccc4c4cccc5c4n(c23)[CH-]N5c2[c-]c(Oc3[c-]c4c(cc3)c3cnccc3n4-c3cc(C(C)(C)C)ccn3)ccc2)cc(C(C)(C)C)c1)(C([2H])([2H])[2H])C([2H])([2H])[2H].[Pt]. The zero-order chi connectivity index (χ0) is 56.5. The predicted molar refractivity (Wildman–Crippen MR) is 296 cm³/mol. The smallest absolute Gasteiger partial charge is 0.135 e. The molecule has 360 valence electrons. The van der Waals surface area contributed by atoms with Crippen LogP contribution in [0.15, 0.2) is 170 Å². The fourth-order valence-corrected chi connectivity index (χ4v) is 10.2. The average Bonchev–Trinajstić information content (AvgIpc) is 4.19. The Balaban J connectivity index is 0.00000690. The maximum Gasteiger partial charge on any atom is 0.135 e. The van der Waals surface area contributed by atoms with Gasteiger partial charge < -0.3 is 18.8 Å². The van der Waals surface area contributed by atoms with Crippen molar-refractivity contribution in [1.29, 1.82) is 0 Å². The topological polar surface area (TPSA) is 48.1 Å². The molecular formula is C65H56N5OPt-3. The molecule has 0 bridgehead atoms. The van der Waals surface area contributed by atoms with Crippen molar-refractivity contribution in [2.75, 3.05) is 4.90 Å². The van der Waals surface area contributed by atoms with Crippen LogP contribution in [0.2, 0.25) is 0 Å². The van der Waals surface area contributed by atoms with Crippen molar-refractivity contribution >= 4 is 76.5 Å². The van der Waals surface area contributed by atoms with E-state index in [9.17, 15) is 0 Å². The van der Waals surface area contributed by atoms with Crippen LogP contribution in [0.4, 0.5) is 11.4 Å². The average molecular weight is 1130 g/mol. The maximum absolute atomic E-state index is 8.79. The summed E-state index contributed by atoms with van der Waals surface area (Å²) in [7, 11) is 0. The van der Waals surface area contributed by atoms with Crippen LogP contribution >= 0.6 is 0 Å². The molecule has 0 unspecified atom stereocenters. The Bertz CT molecular complexity index is 4350. The van der Waals surface area contributed by atoms with E-state index >= 15 is 0 Å². The Kier molecular flexibility index (Phi) is 9.05. The molecule has 0 atom stereocenters. The molecular weight excluding hydrogens is 1060 g/mol. The minimum absolute atomic E-state index is 0. The minimum atomic E-state index is -3.48. The largest absolute Gasteiger partial charge is 0.509 e. The van der Waals surface area contributed by atoms with Crippen molar-refractivity contribution in [2.45, 2.75) is 78.3 Å². The number of ether oxygens (including phenoxy) is 1. The number of anilines is 2. The zero-order valence-electron chi connectivity index (χ0n) is 49.7. The van der Waals surface area contributed by atoms with E-state index in [1.807, 2.05) is 131 Å². The number of hydrogen-bond acceptors (Lipinski definition) is 4. The number of hydrogen-bond donors (Lipinski definition) is 0. The molecule has 0 N–H and O–H groups in total. The van der Waals surface area contributed by atoms with E-state index in [1.165, 1.54) is 12.1 Å². The standard InChI is InChI=1S/C65H56N5O.Pt/c1-63(2,3)42-29-32-67-60(36-42)70-57-30-31-66-39-56(57)53-28-27-47(38-59(53)70)71-46-18-14-17-45(37-46)68-40-69-61-48(41-33-43(64(4,5)6)35-44(34-41)65(7,8)9)23-15-24-54(61)51-21-12-10-19-49(51)50-20-11-13-22-52(50)55-25-16-26-58(68)62(55)69;/h10-36,39-40H,1-9H3;/q-3;/i4D3,5D3,6D3;. The normalized spacial score (nSPS) is 15.1. The molecule has 0 spiro atoms. The van der Waals surface area contributed by atoms with E-state index in [2.05, 4.69) is 100 Å². The van der Waals surface area contributed by atoms with Crippen LogP contribution < -0.4 is 9.64 Å². The van der Waals surface area contributed by atoms with Crippen molar-refractivity contribution in [3.8, 4) is 28.4 Å². The van der Waals surface area contributed by atoms with Crippen molar-refractivity contribution in [3.05, 3.63) is 206 Å². The summed E-state index contributed by atoms with van der Waals surface area (Å²) in [5.74, 6) is 1.66. The van der Waals surface area contributed by atoms with Gasteiger partial charge in [0.05, 0.1) is 0 Å². The first-order valence-electron chi connectivity index (χ1n) is 28.4. The molecule has 0 saturated heterocycles. The van der Waals surface area contributed by atoms with Crippen LogP contribution in [0.5, 0.6) is 11.5 Å². The van der Waals surface area contributed by atoms with E-state index in [0.717, 1.165) is 76.7 Å². The van der Waals surface area contributed by atoms with Crippen LogP contribution in [0.1, 0.15) is 91.1 Å². The molecule has 0 radical (unpaired) electrons. The minimum Gasteiger partial charge on any atom is -0.509 e. The summed E-state index contributed by atoms with van der Waals surface area (Å²) < 4.78 is 90.0. The molecule has 0 amide bonds. The molecule has 0 aliphatic carbocycles. The maximum atomic E-state index is 8.79. The van der Waals surface area contributed by atoms with Gasteiger partial charge in [0.1, 0.15) is 5.82 Å². The molecule has 4 aromatic heterocycles. The van der Waals surface area contributed by atoms with E-state index in [1.54, 1.807) is 6.20 Å². The second-order valence-electron chi connectivity index (χ2n) is 20.6. The number of pyridine rings is 2. The fourth-order valence-electron chi connectivity index (χ4n) is 10.2. The van der Waals surface area contributed by atoms with Gasteiger partial charge in [0, 0.05) is 74.7 Å². The van der Waals surface area contributed by atoms with Crippen molar-refractivity contribution in [2.24, 2.45) is 0 Å². The van der Waals surface area contributed by atoms with Crippen LogP contribution in [0.3, 0.4) is 0 Å². The summed E-state index contributed by atoms with van der Waals surface area (Å²) in [6.07, 6.45) is 5.48. The van der Waals surface area contributed by atoms with Gasteiger partial charge in [-0.3, -0.25) is 4.98 Å². The first-order chi connectivity index (χ1) is 37.8. The quantitative estimate of drug-likeness (QED) is 0.161. The third-order valence-corrected chi connectivity index (χ3v) is 13.8. The van der Waals surface area contributed by atoms with Gasteiger partial charge >= 0.3 is 0 Å². The van der Waals surface area contributed by atoms with Crippen LogP contribution in [-0.2, 0) is 37.3 Å². The molecule has 11 aromatic rings. The van der Waals surface area contributed by atoms with Gasteiger partial charge in [0.25, 0.3) is 0 Å². The van der Waals surface area contributed by atoms with Crippen LogP contribution in [0.25, 0.3) is 82.1 Å². The Hall–Kier alpha value is -7.40. The van der Waals surface area contributed by atoms with Crippen LogP contribution in [0, 0.1) is 18.8 Å². The number of fused-ring (bicyclic) bond motifs is 10. The monoisotopic (exact) mass is 1130 g/mol. The van der Waals surface area contributed by atoms with E-state index in [0.29, 0.717) is 39.4 Å². The second-order valence-corrected chi connectivity index (χ2v) is 20.6. The van der Waals surface area contributed by atoms with Gasteiger partial charge in [0.2, 0.25) is 0 Å². The van der Waals surface area contributed by atoms with Gasteiger partial charge in [-0.1, -0.05) is 170 Å². The Labute approximate surface area is 449 Å².